The predicted molar refractivity (Wildman–Crippen MR) is 136 cm³/mol. The zero-order valence-corrected chi connectivity index (χ0v) is 21.6. The van der Waals surface area contributed by atoms with Crippen LogP contribution in [-0.4, -0.2) is 60.1 Å². The fraction of sp³-hybridized carbons (Fsp3) is 0.393. The number of hydrogen-bond donors (Lipinski definition) is 2. The summed E-state index contributed by atoms with van der Waals surface area (Å²) in [6, 6.07) is 8.23. The van der Waals surface area contributed by atoms with Gasteiger partial charge in [-0.1, -0.05) is 13.0 Å². The summed E-state index contributed by atoms with van der Waals surface area (Å²) in [6.07, 6.45) is -3.07. The minimum absolute atomic E-state index is 0.0437. The monoisotopic (exact) mass is 556 g/mol. The van der Waals surface area contributed by atoms with Gasteiger partial charge in [0.05, 0.1) is 16.7 Å². The largest absolute Gasteiger partial charge is 0.416 e. The van der Waals surface area contributed by atoms with Crippen molar-refractivity contribution in [3.63, 3.8) is 0 Å². The van der Waals surface area contributed by atoms with Gasteiger partial charge in [0.2, 0.25) is 11.8 Å². The molecule has 0 saturated carbocycles. The second-order valence-electron chi connectivity index (χ2n) is 10.7. The van der Waals surface area contributed by atoms with Crippen molar-refractivity contribution in [2.24, 2.45) is 5.41 Å². The van der Waals surface area contributed by atoms with Crippen LogP contribution in [0.5, 0.6) is 0 Å². The van der Waals surface area contributed by atoms with E-state index >= 15 is 0 Å². The van der Waals surface area contributed by atoms with Crippen LogP contribution < -0.4 is 15.5 Å². The van der Waals surface area contributed by atoms with E-state index in [4.69, 9.17) is 0 Å². The Labute approximate surface area is 227 Å². The molecule has 2 N–H and O–H groups in total. The van der Waals surface area contributed by atoms with Crippen LogP contribution in [0.4, 0.5) is 18.9 Å². The molecule has 1 atom stereocenters. The highest BCUT2D eigenvalue weighted by Gasteiger charge is 2.45. The number of carbonyl (C=O) groups excluding carboxylic acids is 5. The predicted octanol–water partition coefficient (Wildman–Crippen LogP) is 3.14. The van der Waals surface area contributed by atoms with Gasteiger partial charge in [-0.25, -0.2) is 0 Å². The van der Waals surface area contributed by atoms with Gasteiger partial charge in [0.15, 0.2) is 0 Å². The molecule has 5 amide bonds. The van der Waals surface area contributed by atoms with E-state index in [1.807, 2.05) is 6.92 Å². The minimum atomic E-state index is -4.53. The van der Waals surface area contributed by atoms with Crippen LogP contribution in [0.2, 0.25) is 0 Å². The summed E-state index contributed by atoms with van der Waals surface area (Å²) in [7, 11) is 0. The highest BCUT2D eigenvalue weighted by Crippen LogP contribution is 2.35. The number of carbonyl (C=O) groups is 5. The van der Waals surface area contributed by atoms with E-state index in [0.717, 1.165) is 22.7 Å². The lowest BCUT2D eigenvalue weighted by molar-refractivity contribution is -0.138. The van der Waals surface area contributed by atoms with Crippen molar-refractivity contribution in [3.8, 4) is 0 Å². The molecule has 3 heterocycles. The third-order valence-electron chi connectivity index (χ3n) is 7.89. The third kappa shape index (κ3) is 5.17. The lowest BCUT2D eigenvalue weighted by Gasteiger charge is -2.40. The molecule has 2 aromatic carbocycles. The van der Waals surface area contributed by atoms with Gasteiger partial charge in [-0.2, -0.15) is 13.2 Å². The minimum Gasteiger partial charge on any atom is -0.371 e. The zero-order valence-electron chi connectivity index (χ0n) is 21.6. The summed E-state index contributed by atoms with van der Waals surface area (Å²) >= 11 is 0. The number of imide groups is 2. The van der Waals surface area contributed by atoms with Gasteiger partial charge in [0.1, 0.15) is 6.04 Å². The second-order valence-corrected chi connectivity index (χ2v) is 10.7. The summed E-state index contributed by atoms with van der Waals surface area (Å²) in [5.74, 6) is -2.81. The maximum Gasteiger partial charge on any atom is 0.416 e. The van der Waals surface area contributed by atoms with Crippen LogP contribution in [0.25, 0.3) is 0 Å². The van der Waals surface area contributed by atoms with Crippen molar-refractivity contribution in [1.29, 1.82) is 0 Å². The van der Waals surface area contributed by atoms with Crippen molar-refractivity contribution < 1.29 is 37.1 Å². The quantitative estimate of drug-likeness (QED) is 0.547. The molecule has 210 valence electrons. The van der Waals surface area contributed by atoms with Gasteiger partial charge in [0, 0.05) is 37.3 Å². The zero-order chi connectivity index (χ0) is 28.8. The molecule has 1 unspecified atom stereocenters. The van der Waals surface area contributed by atoms with Crippen molar-refractivity contribution in [3.05, 3.63) is 64.7 Å². The lowest BCUT2D eigenvalue weighted by atomic mass is 9.80. The van der Waals surface area contributed by atoms with Gasteiger partial charge >= 0.3 is 6.18 Å². The highest BCUT2D eigenvalue weighted by molar-refractivity contribution is 6.23. The number of benzene rings is 2. The molecular formula is C28H27F3N4O5. The van der Waals surface area contributed by atoms with Gasteiger partial charge < -0.3 is 10.2 Å². The Morgan fingerprint density at radius 2 is 1.73 bits per heavy atom. The van der Waals surface area contributed by atoms with Crippen molar-refractivity contribution >= 4 is 35.2 Å². The highest BCUT2D eigenvalue weighted by atomic mass is 19.4. The lowest BCUT2D eigenvalue weighted by Crippen LogP contribution is -2.54. The Bertz CT molecular complexity index is 1410. The molecule has 0 spiro atoms. The first-order valence-corrected chi connectivity index (χ1v) is 12.9. The summed E-state index contributed by atoms with van der Waals surface area (Å²) < 4.78 is 39.0. The first kappa shape index (κ1) is 27.4. The molecule has 0 radical (unpaired) electrons. The number of alkyl halides is 3. The summed E-state index contributed by atoms with van der Waals surface area (Å²) in [5.41, 5.74) is -0.0839. The van der Waals surface area contributed by atoms with E-state index in [0.29, 0.717) is 25.9 Å². The Balaban J connectivity index is 1.21. The Kier molecular flexibility index (Phi) is 6.89. The number of anilines is 1. The third-order valence-corrected chi connectivity index (χ3v) is 7.89. The van der Waals surface area contributed by atoms with E-state index < -0.39 is 47.3 Å². The number of rotatable bonds is 5. The Hall–Kier alpha value is -4.22. The summed E-state index contributed by atoms with van der Waals surface area (Å²) in [6.45, 7) is 3.47. The van der Waals surface area contributed by atoms with E-state index in [-0.39, 0.29) is 41.5 Å². The topological polar surface area (TPSA) is 116 Å². The molecule has 12 heteroatoms. The van der Waals surface area contributed by atoms with Crippen molar-refractivity contribution in [1.82, 2.24) is 15.5 Å². The molecule has 0 bridgehead atoms. The molecule has 2 aromatic rings. The van der Waals surface area contributed by atoms with Crippen LogP contribution in [0, 0.1) is 5.41 Å². The average Bonchev–Trinajstić information content (AvgIpc) is 3.16. The SMILES string of the molecule is CC1(CNC(=O)c2cccc(C(F)(F)F)c2)CCN(c2ccc3c(c2)C(=O)N(C2CCC(=O)NC2=O)C3=O)CC1. The smallest absolute Gasteiger partial charge is 0.371 e. The fourth-order valence-electron chi connectivity index (χ4n) is 5.37. The van der Waals surface area contributed by atoms with Gasteiger partial charge in [-0.3, -0.25) is 34.2 Å². The number of hydrogen-bond acceptors (Lipinski definition) is 6. The normalized spacial score (nSPS) is 20.9. The molecule has 0 aliphatic carbocycles. The average molecular weight is 557 g/mol. The van der Waals surface area contributed by atoms with Crippen molar-refractivity contribution in [2.45, 2.75) is 44.8 Å². The van der Waals surface area contributed by atoms with Crippen LogP contribution in [0.1, 0.15) is 69.2 Å². The molecule has 9 nitrogen and oxygen atoms in total. The molecule has 3 aliphatic heterocycles. The maximum atomic E-state index is 13.1. The molecule has 3 aliphatic rings. The fourth-order valence-corrected chi connectivity index (χ4v) is 5.37. The molecule has 2 saturated heterocycles. The molecule has 0 aromatic heterocycles. The van der Waals surface area contributed by atoms with Gasteiger partial charge in [-0.05, 0) is 61.1 Å². The first-order chi connectivity index (χ1) is 18.9. The Morgan fingerprint density at radius 3 is 2.40 bits per heavy atom. The van der Waals surface area contributed by atoms with Crippen LogP contribution >= 0.6 is 0 Å². The number of piperidine rings is 2. The first-order valence-electron chi connectivity index (χ1n) is 12.9. The Morgan fingerprint density at radius 1 is 1.02 bits per heavy atom. The number of nitrogens with zero attached hydrogens (tertiary/aromatic N) is 2. The molecule has 5 rings (SSSR count). The van der Waals surface area contributed by atoms with Gasteiger partial charge in [-0.15, -0.1) is 0 Å². The van der Waals surface area contributed by atoms with E-state index in [1.165, 1.54) is 12.1 Å². The number of halogens is 3. The van der Waals surface area contributed by atoms with E-state index in [1.54, 1.807) is 18.2 Å². The van der Waals surface area contributed by atoms with Crippen molar-refractivity contribution in [2.75, 3.05) is 24.5 Å². The number of amides is 5. The summed E-state index contributed by atoms with van der Waals surface area (Å²) in [4.78, 5) is 65.4. The number of fused-ring (bicyclic) bond motifs is 1. The van der Waals surface area contributed by atoms with Crippen LogP contribution in [0.15, 0.2) is 42.5 Å². The molecule has 40 heavy (non-hydrogen) atoms. The van der Waals surface area contributed by atoms with E-state index in [9.17, 15) is 37.1 Å². The summed E-state index contributed by atoms with van der Waals surface area (Å²) in [5, 5.41) is 4.94. The van der Waals surface area contributed by atoms with Crippen LogP contribution in [-0.2, 0) is 15.8 Å². The van der Waals surface area contributed by atoms with E-state index in [2.05, 4.69) is 15.5 Å². The maximum absolute atomic E-state index is 13.1. The second kappa shape index (κ2) is 10.1. The standard InChI is InChI=1S/C28H27F3N4O5/c1-27(15-32-23(37)16-3-2-4-17(13-16)28(29,30)31)9-11-34(12-10-27)18-5-6-19-20(14-18)26(40)35(25(19)39)21-7-8-22(36)33-24(21)38/h2-6,13-14,21H,7-12,15H2,1H3,(H,32,37)(H,33,36,38). The molecule has 2 fully saturated rings. The van der Waals surface area contributed by atoms with Crippen LogP contribution in [0.3, 0.4) is 0 Å². The molecular weight excluding hydrogens is 529 g/mol. The van der Waals surface area contributed by atoms with Gasteiger partial charge in [0.25, 0.3) is 17.7 Å². The number of nitrogens with one attached hydrogen (secondary N) is 2.